The summed E-state index contributed by atoms with van der Waals surface area (Å²) >= 11 is 0. The van der Waals surface area contributed by atoms with Crippen molar-refractivity contribution < 1.29 is 24.3 Å². The summed E-state index contributed by atoms with van der Waals surface area (Å²) in [5.41, 5.74) is 7.22. The number of benzene rings is 1. The van der Waals surface area contributed by atoms with Crippen LogP contribution in [0.2, 0.25) is 0 Å². The Labute approximate surface area is 211 Å². The van der Waals surface area contributed by atoms with Gasteiger partial charge in [0.2, 0.25) is 17.7 Å². The highest BCUT2D eigenvalue weighted by Gasteiger charge is 2.30. The average Bonchev–Trinajstić information content (AvgIpc) is 3.22. The van der Waals surface area contributed by atoms with Crippen LogP contribution in [0.4, 0.5) is 0 Å². The number of carboxylic acid groups (broad SMARTS) is 1. The Balaban J connectivity index is 2.25. The first-order valence-corrected chi connectivity index (χ1v) is 12.5. The fourth-order valence-electron chi connectivity index (χ4n) is 4.06. The van der Waals surface area contributed by atoms with Crippen molar-refractivity contribution in [1.82, 2.24) is 20.9 Å². The van der Waals surface area contributed by atoms with Crippen molar-refractivity contribution in [3.05, 3.63) is 36.0 Å². The Kier molecular flexibility index (Phi) is 10.9. The lowest BCUT2D eigenvalue weighted by Crippen LogP contribution is -2.57. The van der Waals surface area contributed by atoms with Crippen molar-refractivity contribution in [1.29, 1.82) is 0 Å². The number of unbranched alkanes of at least 4 members (excludes halogenated alkanes) is 1. The fraction of sp³-hybridized carbons (Fsp3) is 0.538. The third-order valence-corrected chi connectivity index (χ3v) is 6.08. The van der Waals surface area contributed by atoms with E-state index in [4.69, 9.17) is 5.73 Å². The number of hydrogen-bond donors (Lipinski definition) is 6. The zero-order valence-electron chi connectivity index (χ0n) is 21.5. The molecule has 2 aromatic rings. The Morgan fingerprint density at radius 3 is 2.25 bits per heavy atom. The molecule has 3 amide bonds. The summed E-state index contributed by atoms with van der Waals surface area (Å²) in [5.74, 6) is -2.58. The molecule has 7 N–H and O–H groups in total. The van der Waals surface area contributed by atoms with Crippen molar-refractivity contribution in [3.8, 4) is 0 Å². The van der Waals surface area contributed by atoms with E-state index in [1.807, 2.05) is 45.0 Å². The highest BCUT2D eigenvalue weighted by atomic mass is 16.4. The molecular formula is C26H39N5O5. The van der Waals surface area contributed by atoms with Crippen LogP contribution in [0, 0.1) is 5.92 Å². The van der Waals surface area contributed by atoms with E-state index in [1.54, 1.807) is 6.20 Å². The van der Waals surface area contributed by atoms with Crippen molar-refractivity contribution in [2.45, 2.75) is 84.0 Å². The number of carboxylic acids is 1. The summed E-state index contributed by atoms with van der Waals surface area (Å²) in [5, 5.41) is 18.7. The molecule has 1 aromatic heterocycles. The van der Waals surface area contributed by atoms with E-state index in [1.165, 1.54) is 6.92 Å². The van der Waals surface area contributed by atoms with Gasteiger partial charge in [0.15, 0.2) is 0 Å². The van der Waals surface area contributed by atoms with Gasteiger partial charge in [0, 0.05) is 17.1 Å². The number of carbonyl (C=O) groups excluding carboxylic acids is 3. The normalized spacial score (nSPS) is 14.7. The number of primary amides is 1. The van der Waals surface area contributed by atoms with Gasteiger partial charge in [-0.25, -0.2) is 0 Å². The Morgan fingerprint density at radius 2 is 1.64 bits per heavy atom. The third-order valence-electron chi connectivity index (χ3n) is 6.08. The number of aliphatic carboxylic acids is 1. The molecule has 1 aromatic carbocycles. The summed E-state index contributed by atoms with van der Waals surface area (Å²) in [6.45, 7) is 7.27. The van der Waals surface area contributed by atoms with Gasteiger partial charge in [-0.2, -0.15) is 0 Å². The molecule has 10 nitrogen and oxygen atoms in total. The van der Waals surface area contributed by atoms with Gasteiger partial charge in [0.1, 0.15) is 18.1 Å². The summed E-state index contributed by atoms with van der Waals surface area (Å²) in [6.07, 6.45) is 4.25. The number of hydrogen-bond acceptors (Lipinski definition) is 5. The number of para-hydroxylation sites is 1. The minimum atomic E-state index is -1.09. The maximum absolute atomic E-state index is 13.4. The molecule has 1 heterocycles. The first-order chi connectivity index (χ1) is 17.0. The highest BCUT2D eigenvalue weighted by Crippen LogP contribution is 2.19. The predicted molar refractivity (Wildman–Crippen MR) is 138 cm³/mol. The van der Waals surface area contributed by atoms with Gasteiger partial charge in [-0.1, -0.05) is 51.8 Å². The Hall–Kier alpha value is -3.40. The minimum absolute atomic E-state index is 0.133. The Bertz CT molecular complexity index is 1050. The third kappa shape index (κ3) is 8.37. The SMILES string of the molecule is CCCC[C@H](NC(=O)[C@H](Cc1c[nH]c2ccccc12)N[C@H](C)C(=O)O)C(=O)N[C@@H](CC(C)C)C(N)=O. The summed E-state index contributed by atoms with van der Waals surface area (Å²) in [7, 11) is 0. The van der Waals surface area contributed by atoms with E-state index < -0.39 is 47.9 Å². The predicted octanol–water partition coefficient (Wildman–Crippen LogP) is 1.83. The molecule has 0 unspecified atom stereocenters. The van der Waals surface area contributed by atoms with Gasteiger partial charge >= 0.3 is 5.97 Å². The quantitative estimate of drug-likeness (QED) is 0.218. The molecule has 10 heteroatoms. The number of rotatable bonds is 15. The number of amides is 3. The van der Waals surface area contributed by atoms with Crippen LogP contribution in [0.1, 0.15) is 58.9 Å². The maximum atomic E-state index is 13.4. The van der Waals surface area contributed by atoms with Crippen LogP contribution in [0.25, 0.3) is 10.9 Å². The number of fused-ring (bicyclic) bond motifs is 1. The monoisotopic (exact) mass is 501 g/mol. The average molecular weight is 502 g/mol. The maximum Gasteiger partial charge on any atom is 0.320 e. The van der Waals surface area contributed by atoms with Crippen LogP contribution < -0.4 is 21.7 Å². The zero-order chi connectivity index (χ0) is 26.8. The summed E-state index contributed by atoms with van der Waals surface area (Å²) in [4.78, 5) is 53.0. The molecule has 0 radical (unpaired) electrons. The number of nitrogens with two attached hydrogens (primary N) is 1. The molecule has 0 aliphatic rings. The second kappa shape index (κ2) is 13.6. The molecule has 0 saturated heterocycles. The number of nitrogens with one attached hydrogen (secondary N) is 4. The molecule has 0 bridgehead atoms. The molecule has 0 spiro atoms. The Morgan fingerprint density at radius 1 is 1.00 bits per heavy atom. The summed E-state index contributed by atoms with van der Waals surface area (Å²) < 4.78 is 0. The number of carbonyl (C=O) groups is 4. The van der Waals surface area contributed by atoms with E-state index in [9.17, 15) is 24.3 Å². The van der Waals surface area contributed by atoms with Crippen LogP contribution in [-0.2, 0) is 25.6 Å². The fourth-order valence-corrected chi connectivity index (χ4v) is 4.06. The van der Waals surface area contributed by atoms with E-state index >= 15 is 0 Å². The van der Waals surface area contributed by atoms with Crippen LogP contribution in [0.5, 0.6) is 0 Å². The second-order valence-electron chi connectivity index (χ2n) is 9.64. The van der Waals surface area contributed by atoms with Gasteiger partial charge in [0.25, 0.3) is 0 Å². The largest absolute Gasteiger partial charge is 0.480 e. The number of H-pyrrole nitrogens is 1. The van der Waals surface area contributed by atoms with Crippen LogP contribution in [0.15, 0.2) is 30.5 Å². The van der Waals surface area contributed by atoms with E-state index in [0.717, 1.165) is 22.9 Å². The smallest absolute Gasteiger partial charge is 0.320 e. The molecule has 0 fully saturated rings. The highest BCUT2D eigenvalue weighted by molar-refractivity contribution is 5.93. The van der Waals surface area contributed by atoms with Gasteiger partial charge in [-0.15, -0.1) is 0 Å². The molecule has 0 aliphatic heterocycles. The zero-order valence-corrected chi connectivity index (χ0v) is 21.5. The molecule has 2 rings (SSSR count). The van der Waals surface area contributed by atoms with Crippen molar-refractivity contribution in [3.63, 3.8) is 0 Å². The van der Waals surface area contributed by atoms with Gasteiger partial charge < -0.3 is 26.5 Å². The van der Waals surface area contributed by atoms with Crippen LogP contribution in [0.3, 0.4) is 0 Å². The number of aromatic amines is 1. The second-order valence-corrected chi connectivity index (χ2v) is 9.64. The topological polar surface area (TPSA) is 166 Å². The molecule has 4 atom stereocenters. The lowest BCUT2D eigenvalue weighted by Gasteiger charge is -2.26. The van der Waals surface area contributed by atoms with Gasteiger partial charge in [-0.05, 0) is 43.7 Å². The van der Waals surface area contributed by atoms with E-state index in [0.29, 0.717) is 19.3 Å². The summed E-state index contributed by atoms with van der Waals surface area (Å²) in [6, 6.07) is 4.00. The van der Waals surface area contributed by atoms with Gasteiger partial charge in [0.05, 0.1) is 6.04 Å². The first-order valence-electron chi connectivity index (χ1n) is 12.5. The van der Waals surface area contributed by atoms with E-state index in [-0.39, 0.29) is 12.3 Å². The van der Waals surface area contributed by atoms with E-state index in [2.05, 4.69) is 20.9 Å². The number of aromatic nitrogens is 1. The van der Waals surface area contributed by atoms with Gasteiger partial charge in [-0.3, -0.25) is 24.5 Å². The minimum Gasteiger partial charge on any atom is -0.480 e. The first kappa shape index (κ1) is 28.8. The molecule has 36 heavy (non-hydrogen) atoms. The molecule has 198 valence electrons. The van der Waals surface area contributed by atoms with Crippen molar-refractivity contribution in [2.75, 3.05) is 0 Å². The van der Waals surface area contributed by atoms with Crippen LogP contribution in [-0.4, -0.2) is 57.9 Å². The van der Waals surface area contributed by atoms with Crippen molar-refractivity contribution >= 4 is 34.6 Å². The molecular weight excluding hydrogens is 462 g/mol. The van der Waals surface area contributed by atoms with Crippen molar-refractivity contribution in [2.24, 2.45) is 11.7 Å². The molecule has 0 aliphatic carbocycles. The molecule has 0 saturated carbocycles. The lowest BCUT2D eigenvalue weighted by molar-refractivity contribution is -0.139. The van der Waals surface area contributed by atoms with Crippen LogP contribution >= 0.6 is 0 Å². The lowest BCUT2D eigenvalue weighted by atomic mass is 10.0. The standard InChI is InChI=1S/C26H39N5O5/c1-5-6-10-20(24(33)31-21(23(27)32)12-15(2)3)30-25(34)22(29-16(4)26(35)36)13-17-14-28-19-11-8-7-9-18(17)19/h7-9,11,14-16,20-22,28-29H,5-6,10,12-13H2,1-4H3,(H2,27,32)(H,30,34)(H,31,33)(H,35,36)/t16-,20+,21+,22+/m1/s1.